The van der Waals surface area contributed by atoms with E-state index < -0.39 is 17.0 Å². The summed E-state index contributed by atoms with van der Waals surface area (Å²) in [4.78, 5) is 25.9. The number of anilines is 2. The Morgan fingerprint density at radius 1 is 0.771 bits per heavy atom. The number of hydrogen-bond donors (Lipinski definition) is 2. The van der Waals surface area contributed by atoms with E-state index in [-0.39, 0.29) is 11.5 Å². The van der Waals surface area contributed by atoms with Gasteiger partial charge in [-0.05, 0) is 73.7 Å². The molecule has 0 saturated carbocycles. The topological polar surface area (TPSA) is 67.4 Å². The molecule has 0 aliphatic carbocycles. The van der Waals surface area contributed by atoms with Crippen LogP contribution < -0.4 is 15.4 Å². The van der Waals surface area contributed by atoms with Gasteiger partial charge in [0.25, 0.3) is 5.91 Å². The molecule has 0 saturated heterocycles. The lowest BCUT2D eigenvalue weighted by Crippen LogP contribution is -2.22. The molecule has 2 amide bonds. The highest BCUT2D eigenvalue weighted by Crippen LogP contribution is 2.28. The van der Waals surface area contributed by atoms with E-state index in [9.17, 15) is 14.0 Å². The van der Waals surface area contributed by atoms with Gasteiger partial charge in [-0.3, -0.25) is 9.59 Å². The molecule has 176 valence electrons. The number of halogens is 1. The number of thioether (sulfide) groups is 1. The van der Waals surface area contributed by atoms with Crippen molar-refractivity contribution >= 4 is 35.0 Å². The normalized spacial score (nSPS) is 11.4. The lowest BCUT2D eigenvalue weighted by molar-refractivity contribution is -0.115. The Balaban J connectivity index is 1.33. The van der Waals surface area contributed by atoms with E-state index in [1.165, 1.54) is 30.0 Å². The molecule has 1 atom stereocenters. The zero-order chi connectivity index (χ0) is 24.6. The van der Waals surface area contributed by atoms with E-state index in [1.807, 2.05) is 36.4 Å². The lowest BCUT2D eigenvalue weighted by atomic mass is 10.2. The van der Waals surface area contributed by atoms with Gasteiger partial charge in [0.1, 0.15) is 17.3 Å². The number of nitrogens with one attached hydrogen (secondary N) is 2. The third-order valence-electron chi connectivity index (χ3n) is 4.99. The van der Waals surface area contributed by atoms with Crippen molar-refractivity contribution in [2.24, 2.45) is 0 Å². The Bertz CT molecular complexity index is 1310. The number of para-hydroxylation sites is 1. The van der Waals surface area contributed by atoms with Crippen LogP contribution in [0.25, 0.3) is 0 Å². The molecule has 0 aliphatic heterocycles. The fourth-order valence-electron chi connectivity index (χ4n) is 3.22. The Kier molecular flexibility index (Phi) is 7.80. The number of ether oxygens (including phenoxy) is 1. The molecule has 0 aliphatic rings. The van der Waals surface area contributed by atoms with Crippen molar-refractivity contribution in [3.63, 3.8) is 0 Å². The third kappa shape index (κ3) is 6.71. The van der Waals surface area contributed by atoms with Gasteiger partial charge in [-0.2, -0.15) is 0 Å². The SMILES string of the molecule is CC(Sc1cccc(NC(=O)c2ccccc2F)c1)C(=O)Nc1ccc(Oc2ccccc2)cc1. The van der Waals surface area contributed by atoms with Crippen LogP contribution in [0.2, 0.25) is 0 Å². The van der Waals surface area contributed by atoms with Crippen molar-refractivity contribution in [2.45, 2.75) is 17.1 Å². The van der Waals surface area contributed by atoms with Gasteiger partial charge in [-0.25, -0.2) is 4.39 Å². The lowest BCUT2D eigenvalue weighted by Gasteiger charge is -2.13. The predicted molar refractivity (Wildman–Crippen MR) is 138 cm³/mol. The van der Waals surface area contributed by atoms with Crippen LogP contribution in [0.4, 0.5) is 15.8 Å². The van der Waals surface area contributed by atoms with Crippen molar-refractivity contribution < 1.29 is 18.7 Å². The summed E-state index contributed by atoms with van der Waals surface area (Å²) in [6, 6.07) is 29.5. The van der Waals surface area contributed by atoms with Crippen LogP contribution in [-0.2, 0) is 4.79 Å². The van der Waals surface area contributed by atoms with Crippen molar-refractivity contribution in [3.05, 3.63) is 115 Å². The fraction of sp³-hybridized carbons (Fsp3) is 0.0714. The minimum atomic E-state index is -0.583. The Hall–Kier alpha value is -4.10. The average Bonchev–Trinajstić information content (AvgIpc) is 2.86. The Labute approximate surface area is 207 Å². The Morgan fingerprint density at radius 2 is 1.46 bits per heavy atom. The second kappa shape index (κ2) is 11.4. The zero-order valence-corrected chi connectivity index (χ0v) is 19.7. The summed E-state index contributed by atoms with van der Waals surface area (Å²) >= 11 is 1.35. The summed E-state index contributed by atoms with van der Waals surface area (Å²) in [6.45, 7) is 1.80. The molecule has 0 heterocycles. The molecule has 0 spiro atoms. The first-order valence-electron chi connectivity index (χ1n) is 10.9. The second-order valence-corrected chi connectivity index (χ2v) is 9.06. The molecule has 1 unspecified atom stereocenters. The molecule has 0 bridgehead atoms. The van der Waals surface area contributed by atoms with Gasteiger partial charge < -0.3 is 15.4 Å². The minimum Gasteiger partial charge on any atom is -0.457 e. The van der Waals surface area contributed by atoms with Crippen LogP contribution in [0, 0.1) is 5.82 Å². The van der Waals surface area contributed by atoms with Gasteiger partial charge in [-0.15, -0.1) is 11.8 Å². The number of benzene rings is 4. The summed E-state index contributed by atoms with van der Waals surface area (Å²) in [5.74, 6) is 0.135. The van der Waals surface area contributed by atoms with E-state index in [0.29, 0.717) is 17.1 Å². The average molecular weight is 487 g/mol. The molecule has 4 aromatic rings. The molecule has 4 aromatic carbocycles. The molecule has 0 fully saturated rings. The van der Waals surface area contributed by atoms with Gasteiger partial charge in [0, 0.05) is 16.3 Å². The van der Waals surface area contributed by atoms with Crippen LogP contribution in [0.3, 0.4) is 0 Å². The summed E-state index contributed by atoms with van der Waals surface area (Å²) in [5.41, 5.74) is 1.15. The minimum absolute atomic E-state index is 0.0292. The maximum absolute atomic E-state index is 13.9. The molecule has 5 nitrogen and oxygen atoms in total. The molecule has 7 heteroatoms. The van der Waals surface area contributed by atoms with Crippen LogP contribution >= 0.6 is 11.8 Å². The second-order valence-electron chi connectivity index (χ2n) is 7.65. The van der Waals surface area contributed by atoms with Crippen molar-refractivity contribution in [2.75, 3.05) is 10.6 Å². The summed E-state index contributed by atoms with van der Waals surface area (Å²) < 4.78 is 19.6. The highest BCUT2D eigenvalue weighted by molar-refractivity contribution is 8.00. The van der Waals surface area contributed by atoms with E-state index >= 15 is 0 Å². The first-order chi connectivity index (χ1) is 17.0. The summed E-state index contributed by atoms with van der Waals surface area (Å²) in [7, 11) is 0. The van der Waals surface area contributed by atoms with Gasteiger partial charge in [0.15, 0.2) is 0 Å². The highest BCUT2D eigenvalue weighted by Gasteiger charge is 2.16. The maximum atomic E-state index is 13.9. The van der Waals surface area contributed by atoms with E-state index in [4.69, 9.17) is 4.74 Å². The zero-order valence-electron chi connectivity index (χ0n) is 18.9. The van der Waals surface area contributed by atoms with E-state index in [0.717, 1.165) is 10.6 Å². The van der Waals surface area contributed by atoms with Crippen LogP contribution in [0.1, 0.15) is 17.3 Å². The molecule has 0 radical (unpaired) electrons. The largest absolute Gasteiger partial charge is 0.457 e. The number of amides is 2. The molecular weight excluding hydrogens is 463 g/mol. The standard InChI is InChI=1S/C28H23FN2O3S/c1-19(27(32)30-20-14-16-23(17-15-20)34-22-9-3-2-4-10-22)35-24-11-7-8-21(18-24)31-28(33)25-12-5-6-13-26(25)29/h2-19H,1H3,(H,30,32)(H,31,33). The van der Waals surface area contributed by atoms with Gasteiger partial charge in [-0.1, -0.05) is 36.4 Å². The quantitative estimate of drug-likeness (QED) is 0.263. The first kappa shape index (κ1) is 24.0. The third-order valence-corrected chi connectivity index (χ3v) is 6.09. The summed E-state index contributed by atoms with van der Waals surface area (Å²) in [6.07, 6.45) is 0. The van der Waals surface area contributed by atoms with Gasteiger partial charge >= 0.3 is 0 Å². The Morgan fingerprint density at radius 3 is 2.20 bits per heavy atom. The van der Waals surface area contributed by atoms with Crippen molar-refractivity contribution in [3.8, 4) is 11.5 Å². The molecule has 4 rings (SSSR count). The smallest absolute Gasteiger partial charge is 0.258 e. The van der Waals surface area contributed by atoms with Crippen molar-refractivity contribution in [1.82, 2.24) is 0 Å². The molecular formula is C28H23FN2O3S. The monoisotopic (exact) mass is 486 g/mol. The molecule has 35 heavy (non-hydrogen) atoms. The van der Waals surface area contributed by atoms with Crippen molar-refractivity contribution in [1.29, 1.82) is 0 Å². The van der Waals surface area contributed by atoms with Crippen LogP contribution in [-0.4, -0.2) is 17.1 Å². The van der Waals surface area contributed by atoms with Gasteiger partial charge in [0.2, 0.25) is 5.91 Å². The number of hydrogen-bond acceptors (Lipinski definition) is 4. The first-order valence-corrected chi connectivity index (χ1v) is 11.8. The molecule has 0 aromatic heterocycles. The van der Waals surface area contributed by atoms with Crippen LogP contribution in [0.15, 0.2) is 108 Å². The van der Waals surface area contributed by atoms with Crippen LogP contribution in [0.5, 0.6) is 11.5 Å². The van der Waals surface area contributed by atoms with Gasteiger partial charge in [0.05, 0.1) is 10.8 Å². The van der Waals surface area contributed by atoms with E-state index in [2.05, 4.69) is 10.6 Å². The maximum Gasteiger partial charge on any atom is 0.258 e. The summed E-state index contributed by atoms with van der Waals surface area (Å²) in [5, 5.41) is 5.20. The number of rotatable bonds is 8. The fourth-order valence-corrected chi connectivity index (χ4v) is 4.15. The highest BCUT2D eigenvalue weighted by atomic mass is 32.2. The van der Waals surface area contributed by atoms with E-state index in [1.54, 1.807) is 55.5 Å². The predicted octanol–water partition coefficient (Wildman–Crippen LogP) is 6.99. The molecule has 2 N–H and O–H groups in total. The number of carbonyl (C=O) groups is 2. The number of carbonyl (C=O) groups excluding carboxylic acids is 2.